The Morgan fingerprint density at radius 2 is 1.94 bits per heavy atom. The van der Waals surface area contributed by atoms with Gasteiger partial charge in [-0.15, -0.1) is 10.2 Å². The van der Waals surface area contributed by atoms with E-state index in [1.807, 2.05) is 0 Å². The molecule has 0 atom stereocenters. The smallest absolute Gasteiger partial charge is 0.175 e. The third kappa shape index (κ3) is 2.91. The van der Waals surface area contributed by atoms with E-state index in [4.69, 9.17) is 28.5 Å². The average Bonchev–Trinajstić information content (AvgIpc) is 2.36. The van der Waals surface area contributed by atoms with Crippen LogP contribution in [0.25, 0.3) is 0 Å². The van der Waals surface area contributed by atoms with E-state index < -0.39 is 0 Å². The first-order chi connectivity index (χ1) is 8.60. The molecule has 0 unspecified atom stereocenters. The molecule has 2 aromatic rings. The summed E-state index contributed by atoms with van der Waals surface area (Å²) < 4.78 is 0.741. The Kier molecular flexibility index (Phi) is 4.02. The molecule has 0 aliphatic rings. The number of nitriles is 1. The third-order valence-electron chi connectivity index (χ3n) is 2.09. The van der Waals surface area contributed by atoms with E-state index in [9.17, 15) is 0 Å². The van der Waals surface area contributed by atoms with Crippen molar-refractivity contribution in [2.24, 2.45) is 0 Å². The van der Waals surface area contributed by atoms with Gasteiger partial charge in [-0.2, -0.15) is 5.26 Å². The molecular formula is C11H5BrCl2N4. The Balaban J connectivity index is 2.34. The number of anilines is 2. The molecule has 2 rings (SSSR count). The van der Waals surface area contributed by atoms with Crippen molar-refractivity contribution >= 4 is 50.5 Å². The Hall–Kier alpha value is -1.35. The van der Waals surface area contributed by atoms with Crippen LogP contribution in [0, 0.1) is 11.3 Å². The van der Waals surface area contributed by atoms with Crippen LogP contribution in [-0.4, -0.2) is 10.2 Å². The van der Waals surface area contributed by atoms with Crippen LogP contribution in [0.1, 0.15) is 5.56 Å². The molecule has 0 fully saturated rings. The van der Waals surface area contributed by atoms with Crippen molar-refractivity contribution in [1.82, 2.24) is 10.2 Å². The fraction of sp³-hybridized carbons (Fsp3) is 0. The van der Waals surface area contributed by atoms with Crippen molar-refractivity contribution in [3.63, 3.8) is 0 Å². The van der Waals surface area contributed by atoms with Crippen LogP contribution >= 0.6 is 39.1 Å². The lowest BCUT2D eigenvalue weighted by Crippen LogP contribution is -1.96. The second-order valence-corrected chi connectivity index (χ2v) is 4.90. The van der Waals surface area contributed by atoms with Gasteiger partial charge in [0.05, 0.1) is 23.0 Å². The zero-order valence-electron chi connectivity index (χ0n) is 8.78. The van der Waals surface area contributed by atoms with E-state index >= 15 is 0 Å². The van der Waals surface area contributed by atoms with Crippen LogP contribution < -0.4 is 5.32 Å². The van der Waals surface area contributed by atoms with Crippen molar-refractivity contribution in [2.75, 3.05) is 5.32 Å². The molecule has 0 amide bonds. The van der Waals surface area contributed by atoms with Gasteiger partial charge >= 0.3 is 0 Å². The fourth-order valence-electron chi connectivity index (χ4n) is 1.27. The van der Waals surface area contributed by atoms with Crippen LogP contribution in [0.3, 0.4) is 0 Å². The van der Waals surface area contributed by atoms with Crippen LogP contribution in [0.5, 0.6) is 0 Å². The molecule has 1 aromatic heterocycles. The zero-order valence-corrected chi connectivity index (χ0v) is 11.9. The minimum Gasteiger partial charge on any atom is -0.352 e. The molecule has 0 aliphatic carbocycles. The van der Waals surface area contributed by atoms with Crippen molar-refractivity contribution in [3.8, 4) is 6.07 Å². The zero-order chi connectivity index (χ0) is 13.1. The van der Waals surface area contributed by atoms with Crippen LogP contribution in [-0.2, 0) is 0 Å². The Morgan fingerprint density at radius 3 is 2.61 bits per heavy atom. The summed E-state index contributed by atoms with van der Waals surface area (Å²) in [6.07, 6.45) is 0. The normalized spacial score (nSPS) is 9.89. The van der Waals surface area contributed by atoms with Gasteiger partial charge in [-0.05, 0) is 34.1 Å². The van der Waals surface area contributed by atoms with Gasteiger partial charge in [0.15, 0.2) is 10.3 Å². The number of hydrogen-bond acceptors (Lipinski definition) is 4. The predicted molar refractivity (Wildman–Crippen MR) is 74.2 cm³/mol. The molecule has 1 aromatic carbocycles. The molecule has 4 nitrogen and oxygen atoms in total. The predicted octanol–water partition coefficient (Wildman–Crippen LogP) is 4.16. The van der Waals surface area contributed by atoms with E-state index in [1.54, 1.807) is 24.3 Å². The van der Waals surface area contributed by atoms with Gasteiger partial charge in [0, 0.05) is 10.5 Å². The quantitative estimate of drug-likeness (QED) is 0.889. The van der Waals surface area contributed by atoms with Gasteiger partial charge in [0.25, 0.3) is 0 Å². The number of hydrogen-bond donors (Lipinski definition) is 1. The Morgan fingerprint density at radius 1 is 1.17 bits per heavy atom. The lowest BCUT2D eigenvalue weighted by atomic mass is 10.2. The van der Waals surface area contributed by atoms with Crippen LogP contribution in [0.15, 0.2) is 28.7 Å². The summed E-state index contributed by atoms with van der Waals surface area (Å²) in [6.45, 7) is 0. The van der Waals surface area contributed by atoms with E-state index in [1.165, 1.54) is 0 Å². The largest absolute Gasteiger partial charge is 0.352 e. The molecule has 1 N–H and O–H groups in total. The second kappa shape index (κ2) is 5.53. The molecule has 0 radical (unpaired) electrons. The standard InChI is InChI=1S/C11H5BrCl2N4/c12-7-3-6(5-15)1-2-8(7)16-9-4-10(13)17-18-11(9)14/h1-4H,(H,16,17). The monoisotopic (exact) mass is 342 g/mol. The van der Waals surface area contributed by atoms with Gasteiger partial charge in [-0.25, -0.2) is 0 Å². The Bertz CT molecular complexity index is 639. The highest BCUT2D eigenvalue weighted by molar-refractivity contribution is 9.10. The molecular weight excluding hydrogens is 339 g/mol. The first-order valence-electron chi connectivity index (χ1n) is 4.75. The van der Waals surface area contributed by atoms with E-state index in [0.29, 0.717) is 11.3 Å². The molecule has 0 saturated heterocycles. The number of halogens is 3. The first kappa shape index (κ1) is 13.1. The molecule has 90 valence electrons. The summed E-state index contributed by atoms with van der Waals surface area (Å²) in [5, 5.41) is 19.6. The molecule has 0 bridgehead atoms. The second-order valence-electron chi connectivity index (χ2n) is 3.30. The highest BCUT2D eigenvalue weighted by Gasteiger charge is 2.07. The minimum atomic E-state index is 0.218. The van der Waals surface area contributed by atoms with Crippen LogP contribution in [0.2, 0.25) is 10.3 Å². The van der Waals surface area contributed by atoms with E-state index in [2.05, 4.69) is 37.5 Å². The molecule has 7 heteroatoms. The van der Waals surface area contributed by atoms with Gasteiger partial charge in [-0.3, -0.25) is 0 Å². The highest BCUT2D eigenvalue weighted by atomic mass is 79.9. The number of benzene rings is 1. The maximum atomic E-state index is 8.78. The van der Waals surface area contributed by atoms with E-state index in [0.717, 1.165) is 10.2 Å². The molecule has 18 heavy (non-hydrogen) atoms. The summed E-state index contributed by atoms with van der Waals surface area (Å²) in [6, 6.07) is 8.77. The molecule has 1 heterocycles. The summed E-state index contributed by atoms with van der Waals surface area (Å²) >= 11 is 15.0. The lowest BCUT2D eigenvalue weighted by molar-refractivity contribution is 1.03. The summed E-state index contributed by atoms with van der Waals surface area (Å²) in [7, 11) is 0. The summed E-state index contributed by atoms with van der Waals surface area (Å²) in [5.41, 5.74) is 1.85. The maximum absolute atomic E-state index is 8.78. The maximum Gasteiger partial charge on any atom is 0.175 e. The fourth-order valence-corrected chi connectivity index (χ4v) is 2.04. The minimum absolute atomic E-state index is 0.218. The van der Waals surface area contributed by atoms with Gasteiger partial charge in [0.1, 0.15) is 0 Å². The topological polar surface area (TPSA) is 61.6 Å². The van der Waals surface area contributed by atoms with E-state index in [-0.39, 0.29) is 10.3 Å². The third-order valence-corrected chi connectivity index (χ3v) is 3.21. The highest BCUT2D eigenvalue weighted by Crippen LogP contribution is 2.30. The molecule has 0 spiro atoms. The Labute approximate surface area is 122 Å². The molecule has 0 saturated carbocycles. The van der Waals surface area contributed by atoms with Crippen molar-refractivity contribution in [1.29, 1.82) is 5.26 Å². The number of rotatable bonds is 2. The lowest BCUT2D eigenvalue weighted by Gasteiger charge is -2.09. The summed E-state index contributed by atoms with van der Waals surface area (Å²) in [5.74, 6) is 0. The van der Waals surface area contributed by atoms with Crippen molar-refractivity contribution < 1.29 is 0 Å². The van der Waals surface area contributed by atoms with Gasteiger partial charge < -0.3 is 5.32 Å². The first-order valence-corrected chi connectivity index (χ1v) is 6.30. The number of nitrogens with one attached hydrogen (secondary N) is 1. The van der Waals surface area contributed by atoms with Gasteiger partial charge in [0.2, 0.25) is 0 Å². The number of nitrogens with zero attached hydrogens (tertiary/aromatic N) is 3. The van der Waals surface area contributed by atoms with Crippen LogP contribution in [0.4, 0.5) is 11.4 Å². The van der Waals surface area contributed by atoms with Crippen molar-refractivity contribution in [3.05, 3.63) is 44.6 Å². The summed E-state index contributed by atoms with van der Waals surface area (Å²) in [4.78, 5) is 0. The SMILES string of the molecule is N#Cc1ccc(Nc2cc(Cl)nnc2Cl)c(Br)c1. The van der Waals surface area contributed by atoms with Crippen molar-refractivity contribution in [2.45, 2.75) is 0 Å². The molecule has 0 aliphatic heterocycles. The number of aromatic nitrogens is 2. The average molecular weight is 344 g/mol. The van der Waals surface area contributed by atoms with Gasteiger partial charge in [-0.1, -0.05) is 23.2 Å².